The molecule has 0 saturated heterocycles. The molecular weight excluding hydrogens is 284 g/mol. The van der Waals surface area contributed by atoms with Gasteiger partial charge in [0.1, 0.15) is 11.6 Å². The number of pyridine rings is 1. The molecule has 2 rings (SSSR count). The van der Waals surface area contributed by atoms with Gasteiger partial charge in [0.05, 0.1) is 7.11 Å². The van der Waals surface area contributed by atoms with E-state index in [0.29, 0.717) is 0 Å². The number of aromatic nitrogens is 1. The van der Waals surface area contributed by atoms with E-state index in [9.17, 15) is 14.4 Å². The van der Waals surface area contributed by atoms with Crippen LogP contribution in [0.5, 0.6) is 0 Å². The average Bonchev–Trinajstić information content (AvgIpc) is 2.54. The van der Waals surface area contributed by atoms with Crippen LogP contribution >= 0.6 is 0 Å². The molecule has 0 aliphatic heterocycles. The minimum atomic E-state index is -0.862. The Balaban J connectivity index is 2.17. The molecule has 0 unspecified atom stereocenters. The summed E-state index contributed by atoms with van der Waals surface area (Å²) in [5, 5.41) is 2.54. The van der Waals surface area contributed by atoms with Crippen LogP contribution in [0.3, 0.4) is 0 Å². The molecule has 0 spiro atoms. The van der Waals surface area contributed by atoms with Crippen molar-refractivity contribution >= 4 is 11.9 Å². The SMILES string of the molecule is COC(=O)[C@H](Cc1ccccc1)NC(=O)c1ccc[nH]c1=O. The highest BCUT2D eigenvalue weighted by Gasteiger charge is 2.23. The van der Waals surface area contributed by atoms with Crippen LogP contribution in [0.1, 0.15) is 15.9 Å². The van der Waals surface area contributed by atoms with E-state index in [-0.39, 0.29) is 12.0 Å². The maximum absolute atomic E-state index is 12.1. The van der Waals surface area contributed by atoms with Crippen LogP contribution in [0.25, 0.3) is 0 Å². The van der Waals surface area contributed by atoms with Gasteiger partial charge in [0, 0.05) is 12.6 Å². The molecule has 6 nitrogen and oxygen atoms in total. The molecule has 0 aliphatic carbocycles. The van der Waals surface area contributed by atoms with Gasteiger partial charge in [-0.2, -0.15) is 0 Å². The van der Waals surface area contributed by atoms with Crippen molar-refractivity contribution in [3.8, 4) is 0 Å². The normalized spacial score (nSPS) is 11.5. The summed E-state index contributed by atoms with van der Waals surface area (Å²) in [4.78, 5) is 38.0. The van der Waals surface area contributed by atoms with Gasteiger partial charge in [0.25, 0.3) is 11.5 Å². The molecule has 0 aliphatic rings. The van der Waals surface area contributed by atoms with Crippen molar-refractivity contribution in [1.82, 2.24) is 10.3 Å². The van der Waals surface area contributed by atoms with Crippen molar-refractivity contribution in [3.63, 3.8) is 0 Å². The van der Waals surface area contributed by atoms with E-state index < -0.39 is 23.5 Å². The van der Waals surface area contributed by atoms with Gasteiger partial charge in [0.2, 0.25) is 0 Å². The number of amides is 1. The first-order valence-electron chi connectivity index (χ1n) is 6.72. The van der Waals surface area contributed by atoms with Gasteiger partial charge < -0.3 is 15.0 Å². The van der Waals surface area contributed by atoms with E-state index in [1.165, 1.54) is 19.4 Å². The van der Waals surface area contributed by atoms with Crippen LogP contribution < -0.4 is 10.9 Å². The Kier molecular flexibility index (Phi) is 5.08. The molecule has 1 aromatic heterocycles. The smallest absolute Gasteiger partial charge is 0.328 e. The number of hydrogen-bond donors (Lipinski definition) is 2. The van der Waals surface area contributed by atoms with E-state index >= 15 is 0 Å². The third-order valence-corrected chi connectivity index (χ3v) is 3.14. The van der Waals surface area contributed by atoms with Crippen LogP contribution in [0, 0.1) is 0 Å². The van der Waals surface area contributed by atoms with Crippen molar-refractivity contribution in [2.24, 2.45) is 0 Å². The first kappa shape index (κ1) is 15.5. The minimum absolute atomic E-state index is 0.0514. The quantitative estimate of drug-likeness (QED) is 0.803. The molecule has 114 valence electrons. The van der Waals surface area contributed by atoms with Crippen LogP contribution in [0.15, 0.2) is 53.5 Å². The lowest BCUT2D eigenvalue weighted by atomic mass is 10.1. The fourth-order valence-corrected chi connectivity index (χ4v) is 2.02. The molecular formula is C16H16N2O4. The second-order valence-electron chi connectivity index (χ2n) is 4.65. The van der Waals surface area contributed by atoms with E-state index in [1.807, 2.05) is 30.3 Å². The molecule has 0 fully saturated rings. The van der Waals surface area contributed by atoms with Crippen molar-refractivity contribution in [1.29, 1.82) is 0 Å². The van der Waals surface area contributed by atoms with Gasteiger partial charge in [-0.25, -0.2) is 4.79 Å². The summed E-state index contributed by atoms with van der Waals surface area (Å²) in [6, 6.07) is 11.3. The number of aromatic amines is 1. The molecule has 0 radical (unpaired) electrons. The third kappa shape index (κ3) is 3.82. The average molecular weight is 300 g/mol. The van der Waals surface area contributed by atoms with Gasteiger partial charge >= 0.3 is 5.97 Å². The molecule has 1 heterocycles. The Morgan fingerprint density at radius 3 is 2.55 bits per heavy atom. The predicted molar refractivity (Wildman–Crippen MR) is 80.5 cm³/mol. The zero-order valence-electron chi connectivity index (χ0n) is 12.0. The molecule has 1 atom stereocenters. The van der Waals surface area contributed by atoms with Crippen LogP contribution in [-0.4, -0.2) is 30.0 Å². The van der Waals surface area contributed by atoms with Crippen molar-refractivity contribution in [3.05, 3.63) is 70.1 Å². The lowest BCUT2D eigenvalue weighted by molar-refractivity contribution is -0.142. The Labute approximate surface area is 127 Å². The summed E-state index contributed by atoms with van der Waals surface area (Å²) >= 11 is 0. The monoisotopic (exact) mass is 300 g/mol. The third-order valence-electron chi connectivity index (χ3n) is 3.14. The van der Waals surface area contributed by atoms with E-state index in [2.05, 4.69) is 10.3 Å². The van der Waals surface area contributed by atoms with Crippen molar-refractivity contribution in [2.75, 3.05) is 7.11 Å². The molecule has 0 saturated carbocycles. The summed E-state index contributed by atoms with van der Waals surface area (Å²) in [6.45, 7) is 0. The molecule has 6 heteroatoms. The molecule has 1 aromatic carbocycles. The number of esters is 1. The second kappa shape index (κ2) is 7.21. The summed E-state index contributed by atoms with van der Waals surface area (Å²) < 4.78 is 4.71. The zero-order chi connectivity index (χ0) is 15.9. The van der Waals surface area contributed by atoms with Crippen LogP contribution in [0.4, 0.5) is 0 Å². The van der Waals surface area contributed by atoms with Gasteiger partial charge in [-0.3, -0.25) is 9.59 Å². The maximum Gasteiger partial charge on any atom is 0.328 e. The minimum Gasteiger partial charge on any atom is -0.467 e. The van der Waals surface area contributed by atoms with E-state index in [0.717, 1.165) is 5.56 Å². The largest absolute Gasteiger partial charge is 0.467 e. The maximum atomic E-state index is 12.1. The lowest BCUT2D eigenvalue weighted by Crippen LogP contribution is -2.44. The number of H-pyrrole nitrogens is 1. The lowest BCUT2D eigenvalue weighted by Gasteiger charge is -2.16. The van der Waals surface area contributed by atoms with Crippen molar-refractivity contribution in [2.45, 2.75) is 12.5 Å². The van der Waals surface area contributed by atoms with Crippen LogP contribution in [-0.2, 0) is 16.0 Å². The highest BCUT2D eigenvalue weighted by atomic mass is 16.5. The number of methoxy groups -OCH3 is 1. The first-order chi connectivity index (χ1) is 10.6. The fraction of sp³-hybridized carbons (Fsp3) is 0.188. The summed E-state index contributed by atoms with van der Waals surface area (Å²) in [5.74, 6) is -1.18. The Hall–Kier alpha value is -2.89. The number of carbonyl (C=O) groups excluding carboxylic acids is 2. The van der Waals surface area contributed by atoms with Gasteiger partial charge in [-0.05, 0) is 17.7 Å². The molecule has 0 bridgehead atoms. The summed E-state index contributed by atoms with van der Waals surface area (Å²) in [6.07, 6.45) is 1.71. The first-order valence-corrected chi connectivity index (χ1v) is 6.72. The molecule has 1 amide bonds. The number of rotatable bonds is 5. The number of ether oxygens (including phenoxy) is 1. The summed E-state index contributed by atoms with van der Waals surface area (Å²) in [5.41, 5.74) is 0.313. The number of benzene rings is 1. The Morgan fingerprint density at radius 1 is 1.18 bits per heavy atom. The van der Waals surface area contributed by atoms with E-state index in [4.69, 9.17) is 4.74 Å². The number of carbonyl (C=O) groups is 2. The van der Waals surface area contributed by atoms with Gasteiger partial charge in [-0.15, -0.1) is 0 Å². The Bertz CT molecular complexity index is 709. The molecule has 2 N–H and O–H groups in total. The van der Waals surface area contributed by atoms with E-state index in [1.54, 1.807) is 6.07 Å². The summed E-state index contributed by atoms with van der Waals surface area (Å²) in [7, 11) is 1.25. The molecule has 2 aromatic rings. The predicted octanol–water partition coefficient (Wildman–Crippen LogP) is 0.889. The Morgan fingerprint density at radius 2 is 1.91 bits per heavy atom. The highest BCUT2D eigenvalue weighted by Crippen LogP contribution is 2.05. The van der Waals surface area contributed by atoms with Crippen LogP contribution in [0.2, 0.25) is 0 Å². The highest BCUT2D eigenvalue weighted by molar-refractivity contribution is 5.96. The number of hydrogen-bond acceptors (Lipinski definition) is 4. The number of nitrogens with one attached hydrogen (secondary N) is 2. The van der Waals surface area contributed by atoms with Gasteiger partial charge in [0.15, 0.2) is 0 Å². The van der Waals surface area contributed by atoms with Crippen molar-refractivity contribution < 1.29 is 14.3 Å². The topological polar surface area (TPSA) is 88.3 Å². The zero-order valence-corrected chi connectivity index (χ0v) is 12.0. The van der Waals surface area contributed by atoms with Gasteiger partial charge in [-0.1, -0.05) is 30.3 Å². The second-order valence-corrected chi connectivity index (χ2v) is 4.65. The fourth-order valence-electron chi connectivity index (χ4n) is 2.02. The standard InChI is InChI=1S/C16H16N2O4/c1-22-16(21)13(10-11-6-3-2-4-7-11)18-15(20)12-8-5-9-17-14(12)19/h2-9,13H,10H2,1H3,(H,17,19)(H,18,20)/t13-/m0/s1. The molecule has 22 heavy (non-hydrogen) atoms.